The number of imidazole rings is 1. The van der Waals surface area contributed by atoms with Gasteiger partial charge < -0.3 is 9.88 Å². The van der Waals surface area contributed by atoms with E-state index in [0.29, 0.717) is 6.04 Å². The Kier molecular flexibility index (Phi) is 3.29. The van der Waals surface area contributed by atoms with Gasteiger partial charge in [0.15, 0.2) is 10.3 Å². The largest absolute Gasteiger partial charge is 0.329 e. The minimum absolute atomic E-state index is 0.714. The normalized spacial score (nSPS) is 14.9. The van der Waals surface area contributed by atoms with E-state index in [9.17, 15) is 0 Å². The lowest BCUT2D eigenvalue weighted by molar-refractivity contribution is 0.680. The van der Waals surface area contributed by atoms with Crippen molar-refractivity contribution in [3.8, 4) is 0 Å². The van der Waals surface area contributed by atoms with Gasteiger partial charge in [0.2, 0.25) is 0 Å². The fourth-order valence-corrected chi connectivity index (χ4v) is 2.26. The molecule has 1 aliphatic carbocycles. The highest BCUT2D eigenvalue weighted by Crippen LogP contribution is 2.22. The third-order valence-corrected chi connectivity index (χ3v) is 3.78. The molecule has 0 aromatic carbocycles. The number of hydrogen-bond acceptors (Lipinski definition) is 5. The summed E-state index contributed by atoms with van der Waals surface area (Å²) in [5, 5.41) is 5.08. The van der Waals surface area contributed by atoms with Gasteiger partial charge in [-0.1, -0.05) is 0 Å². The van der Waals surface area contributed by atoms with E-state index in [2.05, 4.69) is 20.3 Å². The summed E-state index contributed by atoms with van der Waals surface area (Å²) in [5.41, 5.74) is 1.13. The maximum atomic E-state index is 4.35. The number of nitrogens with one attached hydrogen (secondary N) is 1. The lowest BCUT2D eigenvalue weighted by atomic mass is 10.3. The fourth-order valence-electron chi connectivity index (χ4n) is 1.57. The quantitative estimate of drug-likeness (QED) is 0.829. The lowest BCUT2D eigenvalue weighted by Gasteiger charge is -2.03. The van der Waals surface area contributed by atoms with E-state index in [4.69, 9.17) is 0 Å². The van der Waals surface area contributed by atoms with Gasteiger partial charge in [0.1, 0.15) is 0 Å². The van der Waals surface area contributed by atoms with Crippen molar-refractivity contribution in [3.63, 3.8) is 0 Å². The second-order valence-electron chi connectivity index (χ2n) is 4.45. The second kappa shape index (κ2) is 5.07. The molecule has 5 nitrogen and oxygen atoms in total. The van der Waals surface area contributed by atoms with Crippen LogP contribution in [0, 0.1) is 0 Å². The molecule has 0 aliphatic heterocycles. The number of rotatable bonds is 5. The van der Waals surface area contributed by atoms with Gasteiger partial charge in [-0.2, -0.15) is 0 Å². The van der Waals surface area contributed by atoms with Crippen LogP contribution in [-0.2, 0) is 13.6 Å². The van der Waals surface area contributed by atoms with Crippen LogP contribution in [0.3, 0.4) is 0 Å². The van der Waals surface area contributed by atoms with Crippen LogP contribution in [0.25, 0.3) is 0 Å². The first-order valence-electron chi connectivity index (χ1n) is 6.01. The molecular weight excluding hydrogens is 246 g/mol. The molecule has 1 N–H and O–H groups in total. The summed E-state index contributed by atoms with van der Waals surface area (Å²) in [6.07, 6.45) is 10.1. The Morgan fingerprint density at radius 3 is 2.72 bits per heavy atom. The maximum Gasteiger partial charge on any atom is 0.195 e. The number of nitrogens with zero attached hydrogens (tertiary/aromatic N) is 4. The van der Waals surface area contributed by atoms with E-state index in [0.717, 1.165) is 22.4 Å². The topological polar surface area (TPSA) is 55.6 Å². The summed E-state index contributed by atoms with van der Waals surface area (Å²) in [4.78, 5) is 12.9. The van der Waals surface area contributed by atoms with Crippen LogP contribution in [0.4, 0.5) is 0 Å². The molecular formula is C12H15N5S. The Bertz CT molecular complexity index is 518. The van der Waals surface area contributed by atoms with Crippen LogP contribution in [0.2, 0.25) is 0 Å². The molecule has 0 saturated heterocycles. The summed E-state index contributed by atoms with van der Waals surface area (Å²) in [7, 11) is 1.96. The van der Waals surface area contributed by atoms with Gasteiger partial charge in [-0.25, -0.2) is 15.0 Å². The highest BCUT2D eigenvalue weighted by Gasteiger charge is 2.19. The predicted molar refractivity (Wildman–Crippen MR) is 69.2 cm³/mol. The van der Waals surface area contributed by atoms with Gasteiger partial charge in [-0.05, 0) is 24.6 Å². The first kappa shape index (κ1) is 11.7. The first-order chi connectivity index (χ1) is 8.81. The Hall–Kier alpha value is -1.40. The molecule has 2 aromatic heterocycles. The van der Waals surface area contributed by atoms with Crippen LogP contribution in [-0.4, -0.2) is 25.6 Å². The van der Waals surface area contributed by atoms with Gasteiger partial charge in [0.25, 0.3) is 0 Å². The zero-order chi connectivity index (χ0) is 12.4. The molecule has 18 heavy (non-hydrogen) atoms. The van der Waals surface area contributed by atoms with Gasteiger partial charge in [0, 0.05) is 50.0 Å². The lowest BCUT2D eigenvalue weighted by Crippen LogP contribution is -2.15. The van der Waals surface area contributed by atoms with E-state index in [1.807, 2.05) is 30.2 Å². The number of hydrogen-bond donors (Lipinski definition) is 1. The molecule has 1 fully saturated rings. The molecule has 0 atom stereocenters. The van der Waals surface area contributed by atoms with E-state index < -0.39 is 0 Å². The molecule has 0 bridgehead atoms. The van der Waals surface area contributed by atoms with Crippen molar-refractivity contribution >= 4 is 11.8 Å². The standard InChI is InChI=1S/C12H15N5S/c1-17-5-4-13-12(17)18-11-15-7-9(8-16-11)6-14-10-2-3-10/h4-5,7-8,10,14H,2-3,6H2,1H3. The van der Waals surface area contributed by atoms with Crippen LogP contribution >= 0.6 is 11.8 Å². The average molecular weight is 261 g/mol. The molecule has 3 rings (SSSR count). The minimum Gasteiger partial charge on any atom is -0.329 e. The summed E-state index contributed by atoms with van der Waals surface area (Å²) in [6.45, 7) is 0.859. The highest BCUT2D eigenvalue weighted by molar-refractivity contribution is 7.99. The average Bonchev–Trinajstić information content (AvgIpc) is 3.13. The van der Waals surface area contributed by atoms with Crippen molar-refractivity contribution in [2.75, 3.05) is 0 Å². The summed E-state index contributed by atoms with van der Waals surface area (Å²) in [6, 6.07) is 0.714. The fraction of sp³-hybridized carbons (Fsp3) is 0.417. The summed E-state index contributed by atoms with van der Waals surface area (Å²) in [5.74, 6) is 0. The van der Waals surface area contributed by atoms with Crippen molar-refractivity contribution in [2.24, 2.45) is 7.05 Å². The Morgan fingerprint density at radius 1 is 1.33 bits per heavy atom. The molecule has 0 radical (unpaired) electrons. The third-order valence-electron chi connectivity index (χ3n) is 2.81. The SMILES string of the molecule is Cn1ccnc1Sc1ncc(CNC2CC2)cn1. The molecule has 6 heteroatoms. The maximum absolute atomic E-state index is 4.35. The highest BCUT2D eigenvalue weighted by atomic mass is 32.2. The zero-order valence-corrected chi connectivity index (χ0v) is 11.0. The number of aryl methyl sites for hydroxylation is 1. The van der Waals surface area contributed by atoms with Gasteiger partial charge in [0.05, 0.1) is 0 Å². The third kappa shape index (κ3) is 2.88. The monoisotopic (exact) mass is 261 g/mol. The van der Waals surface area contributed by atoms with Crippen LogP contribution in [0.1, 0.15) is 18.4 Å². The Morgan fingerprint density at radius 2 is 2.11 bits per heavy atom. The van der Waals surface area contributed by atoms with Crippen LogP contribution in [0.5, 0.6) is 0 Å². The predicted octanol–water partition coefficient (Wildman–Crippen LogP) is 1.61. The van der Waals surface area contributed by atoms with Crippen LogP contribution in [0.15, 0.2) is 35.1 Å². The Balaban J connectivity index is 1.61. The molecule has 1 saturated carbocycles. The van der Waals surface area contributed by atoms with Crippen molar-refractivity contribution < 1.29 is 0 Å². The van der Waals surface area contributed by atoms with Crippen molar-refractivity contribution in [3.05, 3.63) is 30.4 Å². The summed E-state index contributed by atoms with van der Waals surface area (Å²) >= 11 is 1.48. The van der Waals surface area contributed by atoms with E-state index >= 15 is 0 Å². The Labute approximate surface area is 110 Å². The van der Waals surface area contributed by atoms with Crippen molar-refractivity contribution in [1.82, 2.24) is 24.8 Å². The molecule has 2 aromatic rings. The zero-order valence-electron chi connectivity index (χ0n) is 10.2. The summed E-state index contributed by atoms with van der Waals surface area (Å²) < 4.78 is 1.95. The van der Waals surface area contributed by atoms with Crippen molar-refractivity contribution in [1.29, 1.82) is 0 Å². The number of aromatic nitrogens is 4. The molecule has 2 heterocycles. The van der Waals surface area contributed by atoms with Crippen molar-refractivity contribution in [2.45, 2.75) is 35.7 Å². The van der Waals surface area contributed by atoms with Gasteiger partial charge in [-0.15, -0.1) is 0 Å². The first-order valence-corrected chi connectivity index (χ1v) is 6.82. The molecule has 1 aliphatic rings. The van der Waals surface area contributed by atoms with E-state index in [1.165, 1.54) is 24.6 Å². The molecule has 0 spiro atoms. The second-order valence-corrected chi connectivity index (χ2v) is 5.39. The molecule has 0 unspecified atom stereocenters. The molecule has 94 valence electrons. The van der Waals surface area contributed by atoms with Gasteiger partial charge in [-0.3, -0.25) is 0 Å². The van der Waals surface area contributed by atoms with Crippen LogP contribution < -0.4 is 5.32 Å². The van der Waals surface area contributed by atoms with E-state index in [1.54, 1.807) is 6.20 Å². The smallest absolute Gasteiger partial charge is 0.195 e. The minimum atomic E-state index is 0.714. The van der Waals surface area contributed by atoms with Gasteiger partial charge >= 0.3 is 0 Å². The molecule has 0 amide bonds. The van der Waals surface area contributed by atoms with E-state index in [-0.39, 0.29) is 0 Å².